The fraction of sp³-hybridized carbons (Fsp3) is 0.519. The van der Waals surface area contributed by atoms with Crippen molar-refractivity contribution in [1.29, 1.82) is 0 Å². The highest BCUT2D eigenvalue weighted by Crippen LogP contribution is 2.41. The third kappa shape index (κ3) is 6.35. The lowest BCUT2D eigenvalue weighted by Gasteiger charge is -2.31. The van der Waals surface area contributed by atoms with Gasteiger partial charge in [-0.2, -0.15) is 13.2 Å². The summed E-state index contributed by atoms with van der Waals surface area (Å²) in [6.07, 6.45) is -0.473. The number of carboxylic acid groups (broad SMARTS) is 1. The summed E-state index contributed by atoms with van der Waals surface area (Å²) in [6, 6.07) is 11.7. The van der Waals surface area contributed by atoms with E-state index in [-0.39, 0.29) is 24.0 Å². The first-order valence-corrected chi connectivity index (χ1v) is 12.3. The van der Waals surface area contributed by atoms with Crippen molar-refractivity contribution in [1.82, 2.24) is 10.6 Å². The van der Waals surface area contributed by atoms with Gasteiger partial charge in [-0.15, -0.1) is 0 Å². The summed E-state index contributed by atoms with van der Waals surface area (Å²) in [5.74, 6) is 0.0297. The molecule has 2 aromatic rings. The van der Waals surface area contributed by atoms with Crippen LogP contribution in [-0.4, -0.2) is 36.8 Å². The Morgan fingerprint density at radius 2 is 1.86 bits per heavy atom. The van der Waals surface area contributed by atoms with Crippen molar-refractivity contribution in [3.8, 4) is 5.75 Å². The molecule has 4 rings (SSSR count). The molecule has 2 fully saturated rings. The van der Waals surface area contributed by atoms with Gasteiger partial charge in [0.25, 0.3) is 0 Å². The fourth-order valence-electron chi connectivity index (χ4n) is 5.53. The molecule has 0 radical (unpaired) electrons. The Morgan fingerprint density at radius 3 is 2.51 bits per heavy atom. The van der Waals surface area contributed by atoms with Crippen LogP contribution < -0.4 is 15.4 Å². The fourth-order valence-corrected chi connectivity index (χ4v) is 5.53. The van der Waals surface area contributed by atoms with Gasteiger partial charge in [-0.25, -0.2) is 0 Å². The van der Waals surface area contributed by atoms with Crippen molar-refractivity contribution in [3.63, 3.8) is 0 Å². The number of rotatable bonds is 8. The average molecular weight is 491 g/mol. The minimum Gasteiger partial charge on any atom is -0.489 e. The van der Waals surface area contributed by atoms with E-state index >= 15 is 0 Å². The van der Waals surface area contributed by atoms with Gasteiger partial charge in [0.1, 0.15) is 17.9 Å². The molecule has 8 heteroatoms. The number of alkyl halides is 3. The molecule has 35 heavy (non-hydrogen) atoms. The topological polar surface area (TPSA) is 70.6 Å². The summed E-state index contributed by atoms with van der Waals surface area (Å²) in [4.78, 5) is 11.1. The van der Waals surface area contributed by atoms with Gasteiger partial charge in [0, 0.05) is 19.5 Å². The van der Waals surface area contributed by atoms with Crippen LogP contribution in [0.3, 0.4) is 0 Å². The molecule has 1 aliphatic heterocycles. The van der Waals surface area contributed by atoms with Gasteiger partial charge in [0.05, 0.1) is 5.56 Å². The molecule has 2 aliphatic rings. The lowest BCUT2D eigenvalue weighted by atomic mass is 9.75. The Kier molecular flexibility index (Phi) is 8.02. The van der Waals surface area contributed by atoms with Gasteiger partial charge in [0.2, 0.25) is 0 Å². The second kappa shape index (κ2) is 11.0. The zero-order chi connectivity index (χ0) is 25.0. The lowest BCUT2D eigenvalue weighted by Crippen LogP contribution is -2.30. The minimum atomic E-state index is -4.43. The molecule has 190 valence electrons. The highest BCUT2D eigenvalue weighted by Gasteiger charge is 2.35. The number of carboxylic acids is 1. The second-order valence-electron chi connectivity index (χ2n) is 9.74. The van der Waals surface area contributed by atoms with Crippen LogP contribution in [0.2, 0.25) is 0 Å². The molecular weight excluding hydrogens is 457 g/mol. The Labute approximate surface area is 204 Å². The van der Waals surface area contributed by atoms with Crippen molar-refractivity contribution >= 4 is 5.97 Å². The van der Waals surface area contributed by atoms with E-state index in [1.54, 1.807) is 0 Å². The van der Waals surface area contributed by atoms with Crippen molar-refractivity contribution in [2.75, 3.05) is 13.6 Å². The quantitative estimate of drug-likeness (QED) is 0.478. The number of hydrogen-bond donors (Lipinski definition) is 3. The smallest absolute Gasteiger partial charge is 0.416 e. The van der Waals surface area contributed by atoms with Crippen LogP contribution in [0.15, 0.2) is 42.5 Å². The molecule has 1 aliphatic carbocycles. The van der Waals surface area contributed by atoms with Gasteiger partial charge < -0.3 is 20.5 Å². The maximum absolute atomic E-state index is 13.8. The number of halogens is 3. The standard InChI is InChI=1S/C27H33F3N2O3/c1-31-15-19-4-2-3-5-23(19)18-8-6-17(7-9-18)12-20-13-21(10-11-24(20)27(28,29)30)35-22-14-25(26(33)34)32-16-22/h2-5,10-11,13,17-18,22,25,31-32H,6-9,12,14-16H2,1H3,(H,33,34)/t17-,18-,22-,25-/m0/s1. The summed E-state index contributed by atoms with van der Waals surface area (Å²) < 4.78 is 47.1. The van der Waals surface area contributed by atoms with E-state index in [4.69, 9.17) is 9.84 Å². The second-order valence-corrected chi connectivity index (χ2v) is 9.74. The first-order chi connectivity index (χ1) is 16.7. The first-order valence-electron chi connectivity index (χ1n) is 12.3. The van der Waals surface area contributed by atoms with Crippen LogP contribution in [0.25, 0.3) is 0 Å². The summed E-state index contributed by atoms with van der Waals surface area (Å²) in [5.41, 5.74) is 2.28. The molecule has 2 aromatic carbocycles. The van der Waals surface area contributed by atoms with Crippen LogP contribution in [0, 0.1) is 5.92 Å². The number of benzene rings is 2. The summed E-state index contributed by atoms with van der Waals surface area (Å²) in [6.45, 7) is 1.16. The maximum Gasteiger partial charge on any atom is 0.416 e. The number of nitrogens with one attached hydrogen (secondary N) is 2. The molecular formula is C27H33F3N2O3. The first kappa shape index (κ1) is 25.5. The molecule has 5 nitrogen and oxygen atoms in total. The number of aliphatic carboxylic acids is 1. The molecule has 0 spiro atoms. The Balaban J connectivity index is 1.43. The van der Waals surface area contributed by atoms with Gasteiger partial charge in [0.15, 0.2) is 0 Å². The molecule has 3 N–H and O–H groups in total. The van der Waals surface area contributed by atoms with E-state index in [1.807, 2.05) is 13.1 Å². The van der Waals surface area contributed by atoms with Gasteiger partial charge >= 0.3 is 12.1 Å². The molecule has 0 bridgehead atoms. The van der Waals surface area contributed by atoms with Crippen molar-refractivity contribution in [2.24, 2.45) is 5.92 Å². The van der Waals surface area contributed by atoms with Crippen LogP contribution in [0.4, 0.5) is 13.2 Å². The van der Waals surface area contributed by atoms with Crippen LogP contribution >= 0.6 is 0 Å². The Morgan fingerprint density at radius 1 is 1.11 bits per heavy atom. The average Bonchev–Trinajstić information content (AvgIpc) is 3.29. The van der Waals surface area contributed by atoms with Gasteiger partial charge in [-0.1, -0.05) is 24.3 Å². The summed E-state index contributed by atoms with van der Waals surface area (Å²) in [7, 11) is 1.93. The molecule has 1 saturated heterocycles. The van der Waals surface area contributed by atoms with E-state index in [0.717, 1.165) is 38.3 Å². The predicted octanol–water partition coefficient (Wildman–Crippen LogP) is 5.14. The van der Waals surface area contributed by atoms with E-state index in [2.05, 4.69) is 28.8 Å². The molecule has 1 heterocycles. The Hall–Kier alpha value is -2.58. The third-order valence-electron chi connectivity index (χ3n) is 7.29. The van der Waals surface area contributed by atoms with E-state index in [9.17, 15) is 18.0 Å². The van der Waals surface area contributed by atoms with E-state index < -0.39 is 23.8 Å². The van der Waals surface area contributed by atoms with Gasteiger partial charge in [-0.05, 0) is 85.9 Å². The number of carbonyl (C=O) groups is 1. The van der Waals surface area contributed by atoms with Crippen LogP contribution in [0.5, 0.6) is 5.75 Å². The van der Waals surface area contributed by atoms with Crippen molar-refractivity contribution < 1.29 is 27.8 Å². The van der Waals surface area contributed by atoms with Crippen LogP contribution in [-0.2, 0) is 23.9 Å². The zero-order valence-corrected chi connectivity index (χ0v) is 19.9. The largest absolute Gasteiger partial charge is 0.489 e. The van der Waals surface area contributed by atoms with Gasteiger partial charge in [-0.3, -0.25) is 4.79 Å². The minimum absolute atomic E-state index is 0.184. The maximum atomic E-state index is 13.8. The van der Waals surface area contributed by atoms with Crippen molar-refractivity contribution in [3.05, 3.63) is 64.7 Å². The number of ether oxygens (including phenoxy) is 1. The number of hydrogen-bond acceptors (Lipinski definition) is 4. The SMILES string of the molecule is CNCc1ccccc1[C@H]1CC[C@H](Cc2cc(O[C@@H]3CN[C@H](C(=O)O)C3)ccc2C(F)(F)F)CC1. The van der Waals surface area contributed by atoms with E-state index in [0.29, 0.717) is 24.6 Å². The van der Waals surface area contributed by atoms with Crippen LogP contribution in [0.1, 0.15) is 60.3 Å². The molecule has 0 amide bonds. The summed E-state index contributed by atoms with van der Waals surface area (Å²) in [5, 5.41) is 15.2. The molecule has 2 atom stereocenters. The monoisotopic (exact) mass is 490 g/mol. The van der Waals surface area contributed by atoms with E-state index in [1.165, 1.54) is 23.3 Å². The Bertz CT molecular complexity index is 1020. The zero-order valence-electron chi connectivity index (χ0n) is 19.9. The third-order valence-corrected chi connectivity index (χ3v) is 7.29. The molecule has 1 saturated carbocycles. The normalized spacial score (nSPS) is 24.9. The predicted molar refractivity (Wildman–Crippen MR) is 128 cm³/mol. The molecule has 0 unspecified atom stereocenters. The molecule has 0 aromatic heterocycles. The lowest BCUT2D eigenvalue weighted by molar-refractivity contribution is -0.139. The highest BCUT2D eigenvalue weighted by molar-refractivity contribution is 5.73. The highest BCUT2D eigenvalue weighted by atomic mass is 19.4. The van der Waals surface area contributed by atoms with Crippen molar-refractivity contribution in [2.45, 2.75) is 69.3 Å². The summed E-state index contributed by atoms with van der Waals surface area (Å²) >= 11 is 0.